The minimum Gasteiger partial charge on any atom is -0.481 e. The third-order valence-corrected chi connectivity index (χ3v) is 4.12. The van der Waals surface area contributed by atoms with E-state index in [0.717, 1.165) is 31.4 Å². The van der Waals surface area contributed by atoms with Gasteiger partial charge in [0.05, 0.1) is 6.42 Å². The maximum Gasteiger partial charge on any atom is 0.303 e. The van der Waals surface area contributed by atoms with Crippen molar-refractivity contribution in [1.29, 1.82) is 0 Å². The van der Waals surface area contributed by atoms with Crippen LogP contribution < -0.4 is 11.1 Å². The number of carboxylic acid groups (broad SMARTS) is 1. The number of aromatic nitrogens is 1. The van der Waals surface area contributed by atoms with E-state index < -0.39 is 11.9 Å². The van der Waals surface area contributed by atoms with Gasteiger partial charge in [-0.1, -0.05) is 19.3 Å². The smallest absolute Gasteiger partial charge is 0.303 e. The first-order valence-electron chi connectivity index (χ1n) is 7.22. The Kier molecular flexibility index (Phi) is 4.77. The van der Waals surface area contributed by atoms with Crippen LogP contribution in [0.1, 0.15) is 49.0 Å². The van der Waals surface area contributed by atoms with Crippen LogP contribution >= 0.6 is 0 Å². The fourth-order valence-electron chi connectivity index (χ4n) is 3.00. The highest BCUT2D eigenvalue weighted by Gasteiger charge is 2.34. The van der Waals surface area contributed by atoms with E-state index in [9.17, 15) is 9.59 Å². The Morgan fingerprint density at radius 3 is 2.67 bits per heavy atom. The number of aliphatic carboxylic acids is 1. The number of hydrogen-bond acceptors (Lipinski definition) is 4. The second-order valence-electron chi connectivity index (χ2n) is 5.78. The van der Waals surface area contributed by atoms with Crippen LogP contribution in [0.25, 0.3) is 0 Å². The minimum atomic E-state index is -0.758. The summed E-state index contributed by atoms with van der Waals surface area (Å²) in [6.07, 6.45) is 6.83. The number of nitrogens with one attached hydrogen (secondary N) is 1. The number of anilines is 1. The van der Waals surface area contributed by atoms with E-state index >= 15 is 0 Å². The van der Waals surface area contributed by atoms with Crippen LogP contribution in [0, 0.1) is 5.41 Å². The van der Waals surface area contributed by atoms with Crippen molar-refractivity contribution in [3.05, 3.63) is 24.0 Å². The van der Waals surface area contributed by atoms with Crippen molar-refractivity contribution in [2.45, 2.75) is 38.5 Å². The van der Waals surface area contributed by atoms with E-state index in [-0.39, 0.29) is 17.5 Å². The summed E-state index contributed by atoms with van der Waals surface area (Å²) in [5.74, 6) is -1.33. The predicted octanol–water partition coefficient (Wildman–Crippen LogP) is 2.02. The molecule has 1 fully saturated rings. The van der Waals surface area contributed by atoms with E-state index in [1.54, 1.807) is 12.1 Å². The predicted molar refractivity (Wildman–Crippen MR) is 79.0 cm³/mol. The van der Waals surface area contributed by atoms with E-state index in [2.05, 4.69) is 10.3 Å². The summed E-state index contributed by atoms with van der Waals surface area (Å²) >= 11 is 0. The van der Waals surface area contributed by atoms with Crippen molar-refractivity contribution in [2.75, 3.05) is 11.9 Å². The highest BCUT2D eigenvalue weighted by molar-refractivity contribution is 5.91. The van der Waals surface area contributed by atoms with Crippen molar-refractivity contribution < 1.29 is 14.7 Å². The lowest BCUT2D eigenvalue weighted by molar-refractivity contribution is -0.140. The number of rotatable bonds is 6. The van der Waals surface area contributed by atoms with Gasteiger partial charge in [0.25, 0.3) is 5.91 Å². The third kappa shape index (κ3) is 4.18. The molecule has 0 saturated heterocycles. The lowest BCUT2D eigenvalue weighted by Gasteiger charge is -2.36. The summed E-state index contributed by atoms with van der Waals surface area (Å²) < 4.78 is 0. The number of hydrogen-bond donors (Lipinski definition) is 3. The van der Waals surface area contributed by atoms with E-state index in [0.29, 0.717) is 6.54 Å². The minimum absolute atomic E-state index is 0.174. The number of carbonyl (C=O) groups excluding carboxylic acids is 1. The maximum atomic E-state index is 11.1. The van der Waals surface area contributed by atoms with Crippen LogP contribution in [-0.2, 0) is 4.79 Å². The lowest BCUT2D eigenvalue weighted by atomic mass is 9.71. The molecular weight excluding hydrogens is 270 g/mol. The molecule has 2 rings (SSSR count). The molecule has 6 nitrogen and oxygen atoms in total. The highest BCUT2D eigenvalue weighted by Crippen LogP contribution is 2.39. The summed E-state index contributed by atoms with van der Waals surface area (Å²) in [6.45, 7) is 0.585. The highest BCUT2D eigenvalue weighted by atomic mass is 16.4. The molecule has 1 aliphatic carbocycles. The number of primary amides is 1. The Morgan fingerprint density at radius 1 is 1.33 bits per heavy atom. The van der Waals surface area contributed by atoms with E-state index in [1.807, 2.05) is 0 Å². The zero-order valence-electron chi connectivity index (χ0n) is 12.0. The summed E-state index contributed by atoms with van der Waals surface area (Å²) in [5.41, 5.74) is 5.95. The van der Waals surface area contributed by atoms with Crippen molar-refractivity contribution >= 4 is 17.6 Å². The van der Waals surface area contributed by atoms with Gasteiger partial charge in [0.15, 0.2) is 0 Å². The van der Waals surface area contributed by atoms with Gasteiger partial charge in [0, 0.05) is 18.4 Å². The molecule has 0 aliphatic heterocycles. The van der Waals surface area contributed by atoms with E-state index in [4.69, 9.17) is 10.8 Å². The van der Waals surface area contributed by atoms with Crippen LogP contribution in [0.3, 0.4) is 0 Å². The lowest BCUT2D eigenvalue weighted by Crippen LogP contribution is -2.34. The Balaban J connectivity index is 2.06. The molecule has 0 bridgehead atoms. The number of carbonyl (C=O) groups is 2. The number of nitrogens with two attached hydrogens (primary N) is 1. The molecule has 1 saturated carbocycles. The van der Waals surface area contributed by atoms with Crippen LogP contribution in [-0.4, -0.2) is 28.5 Å². The molecule has 0 atom stereocenters. The first-order chi connectivity index (χ1) is 10.0. The molecule has 1 amide bonds. The molecule has 4 N–H and O–H groups in total. The van der Waals surface area contributed by atoms with Crippen LogP contribution in [0.5, 0.6) is 0 Å². The van der Waals surface area contributed by atoms with Crippen molar-refractivity contribution in [3.63, 3.8) is 0 Å². The fourth-order valence-corrected chi connectivity index (χ4v) is 3.00. The van der Waals surface area contributed by atoms with Gasteiger partial charge >= 0.3 is 5.97 Å². The summed E-state index contributed by atoms with van der Waals surface area (Å²) in [7, 11) is 0. The second kappa shape index (κ2) is 6.56. The number of carboxylic acids is 1. The average Bonchev–Trinajstić information content (AvgIpc) is 2.46. The molecular formula is C15H21N3O3. The van der Waals surface area contributed by atoms with Crippen molar-refractivity contribution in [1.82, 2.24) is 4.98 Å². The molecule has 1 aliphatic rings. The summed E-state index contributed by atoms with van der Waals surface area (Å²) in [5, 5.41) is 12.4. The zero-order chi connectivity index (χ0) is 15.3. The van der Waals surface area contributed by atoms with Gasteiger partial charge in [-0.3, -0.25) is 14.6 Å². The van der Waals surface area contributed by atoms with Gasteiger partial charge in [-0.05, 0) is 30.4 Å². The quantitative estimate of drug-likeness (QED) is 0.743. The first-order valence-corrected chi connectivity index (χ1v) is 7.22. The van der Waals surface area contributed by atoms with Crippen LogP contribution in [0.4, 0.5) is 5.69 Å². The molecule has 0 unspecified atom stereocenters. The van der Waals surface area contributed by atoms with Crippen molar-refractivity contribution in [3.8, 4) is 0 Å². The first kappa shape index (κ1) is 15.3. The van der Waals surface area contributed by atoms with E-state index in [1.165, 1.54) is 12.6 Å². The Labute approximate surface area is 123 Å². The van der Waals surface area contributed by atoms with Gasteiger partial charge in [0.1, 0.15) is 5.69 Å². The topological polar surface area (TPSA) is 105 Å². The number of nitrogens with zero attached hydrogens (tertiary/aromatic N) is 1. The summed E-state index contributed by atoms with van der Waals surface area (Å²) in [4.78, 5) is 26.1. The monoisotopic (exact) mass is 291 g/mol. The van der Waals surface area contributed by atoms with Gasteiger partial charge in [-0.2, -0.15) is 0 Å². The Bertz CT molecular complexity index is 525. The normalized spacial score (nSPS) is 17.1. The summed E-state index contributed by atoms with van der Waals surface area (Å²) in [6, 6.07) is 3.35. The molecule has 0 spiro atoms. The third-order valence-electron chi connectivity index (χ3n) is 4.12. The molecule has 1 aromatic heterocycles. The molecule has 21 heavy (non-hydrogen) atoms. The molecule has 0 aromatic carbocycles. The Hall–Kier alpha value is -2.11. The van der Waals surface area contributed by atoms with Crippen molar-refractivity contribution in [2.24, 2.45) is 11.1 Å². The average molecular weight is 291 g/mol. The van der Waals surface area contributed by atoms with Gasteiger partial charge in [-0.15, -0.1) is 0 Å². The zero-order valence-corrected chi connectivity index (χ0v) is 12.0. The molecule has 0 radical (unpaired) electrons. The largest absolute Gasteiger partial charge is 0.481 e. The van der Waals surface area contributed by atoms with Crippen LogP contribution in [0.15, 0.2) is 18.3 Å². The number of amides is 1. The second-order valence-corrected chi connectivity index (χ2v) is 5.78. The maximum absolute atomic E-state index is 11.1. The SMILES string of the molecule is NC(=O)c1cc(NCC2(CC(=O)O)CCCCC2)ccn1. The molecule has 114 valence electrons. The molecule has 1 heterocycles. The standard InChI is InChI=1S/C15H21N3O3/c16-14(21)12-8-11(4-7-17-12)18-10-15(9-13(19)20)5-2-1-3-6-15/h4,7-8H,1-3,5-6,9-10H2,(H2,16,21)(H,17,18)(H,19,20). The van der Waals surface area contributed by atoms with Gasteiger partial charge < -0.3 is 16.2 Å². The fraction of sp³-hybridized carbons (Fsp3) is 0.533. The molecule has 6 heteroatoms. The van der Waals surface area contributed by atoms with Gasteiger partial charge in [0.2, 0.25) is 0 Å². The Morgan fingerprint density at radius 2 is 2.05 bits per heavy atom. The van der Waals surface area contributed by atoms with Crippen LogP contribution in [0.2, 0.25) is 0 Å². The number of pyridine rings is 1. The molecule has 1 aromatic rings. The van der Waals surface area contributed by atoms with Gasteiger partial charge in [-0.25, -0.2) is 0 Å².